The number of carbonyl (C=O) groups excluding carboxylic acids is 2. The molecule has 0 spiro atoms. The van der Waals surface area contributed by atoms with Crippen molar-refractivity contribution in [2.24, 2.45) is 0 Å². The van der Waals surface area contributed by atoms with E-state index in [0.717, 1.165) is 41.8 Å². The molecule has 0 aliphatic carbocycles. The number of hydrogen-bond acceptors (Lipinski definition) is 5. The van der Waals surface area contributed by atoms with Crippen LogP contribution in [0.2, 0.25) is 0 Å². The fourth-order valence-electron chi connectivity index (χ4n) is 4.17. The van der Waals surface area contributed by atoms with E-state index >= 15 is 0 Å². The van der Waals surface area contributed by atoms with Crippen LogP contribution in [0, 0.1) is 13.8 Å². The van der Waals surface area contributed by atoms with E-state index in [1.807, 2.05) is 61.2 Å². The van der Waals surface area contributed by atoms with Gasteiger partial charge in [0.2, 0.25) is 5.91 Å². The predicted octanol–water partition coefficient (Wildman–Crippen LogP) is 4.22. The number of hydrogen-bond donors (Lipinski definition) is 1. The zero-order valence-corrected chi connectivity index (χ0v) is 19.8. The van der Waals surface area contributed by atoms with Crippen LogP contribution in [0.3, 0.4) is 0 Å². The third-order valence-corrected chi connectivity index (χ3v) is 6.30. The number of piperidine rings is 1. The van der Waals surface area contributed by atoms with Gasteiger partial charge in [-0.2, -0.15) is 0 Å². The second-order valence-electron chi connectivity index (χ2n) is 8.74. The van der Waals surface area contributed by atoms with Crippen LogP contribution in [-0.2, 0) is 17.8 Å². The average Bonchev–Trinajstić information content (AvgIpc) is 3.19. The van der Waals surface area contributed by atoms with Crippen molar-refractivity contribution >= 4 is 11.8 Å². The van der Waals surface area contributed by atoms with Crippen LogP contribution >= 0.6 is 0 Å². The quantitative estimate of drug-likeness (QED) is 0.543. The Morgan fingerprint density at radius 1 is 1.06 bits per heavy atom. The van der Waals surface area contributed by atoms with Crippen LogP contribution in [0.15, 0.2) is 59.1 Å². The summed E-state index contributed by atoms with van der Waals surface area (Å²) in [5.74, 6) is 1.51. The van der Waals surface area contributed by atoms with Crippen molar-refractivity contribution in [3.05, 3.63) is 82.7 Å². The molecule has 7 nitrogen and oxygen atoms in total. The molecule has 1 N–H and O–H groups in total. The lowest BCUT2D eigenvalue weighted by molar-refractivity contribution is -0.122. The molecule has 1 aromatic heterocycles. The van der Waals surface area contributed by atoms with Crippen LogP contribution in [0.5, 0.6) is 5.75 Å². The zero-order chi connectivity index (χ0) is 23.9. The molecule has 3 aromatic rings. The fraction of sp³-hybridized carbons (Fsp3) is 0.370. The molecule has 178 valence electrons. The van der Waals surface area contributed by atoms with Gasteiger partial charge < -0.3 is 19.5 Å². The number of nitrogens with zero attached hydrogens (tertiary/aromatic N) is 2. The van der Waals surface area contributed by atoms with Gasteiger partial charge in [-0.15, -0.1) is 0 Å². The van der Waals surface area contributed by atoms with E-state index in [2.05, 4.69) is 10.5 Å². The Balaban J connectivity index is 1.21. The zero-order valence-electron chi connectivity index (χ0n) is 19.8. The number of ether oxygens (including phenoxy) is 1. The normalized spacial score (nSPS) is 14.1. The summed E-state index contributed by atoms with van der Waals surface area (Å²) >= 11 is 0. The van der Waals surface area contributed by atoms with E-state index in [-0.39, 0.29) is 17.9 Å². The SMILES string of the molecule is Cc1noc(C)c1COc1ccc(C(=O)N2CCC(NC(=O)CCc3ccccc3)CC2)cc1. The van der Waals surface area contributed by atoms with Gasteiger partial charge in [-0.1, -0.05) is 35.5 Å². The Kier molecular flexibility index (Phi) is 7.62. The van der Waals surface area contributed by atoms with Crippen molar-refractivity contribution in [2.75, 3.05) is 13.1 Å². The standard InChI is InChI=1S/C27H31N3O4/c1-19-25(20(2)34-29-19)18-33-24-11-9-22(10-12-24)27(32)30-16-14-23(15-17-30)28-26(31)13-8-21-6-4-3-5-7-21/h3-7,9-12,23H,8,13-18H2,1-2H3,(H,28,31). The molecule has 0 atom stereocenters. The molecule has 1 saturated heterocycles. The van der Waals surface area contributed by atoms with Crippen LogP contribution < -0.4 is 10.1 Å². The van der Waals surface area contributed by atoms with Crippen LogP contribution in [0.4, 0.5) is 0 Å². The second kappa shape index (κ2) is 11.0. The number of benzene rings is 2. The van der Waals surface area contributed by atoms with E-state index in [1.54, 1.807) is 12.1 Å². The smallest absolute Gasteiger partial charge is 0.253 e. The molecule has 1 aliphatic rings. The van der Waals surface area contributed by atoms with Crippen molar-refractivity contribution in [2.45, 2.75) is 52.2 Å². The van der Waals surface area contributed by atoms with Crippen molar-refractivity contribution in [1.29, 1.82) is 0 Å². The number of amides is 2. The highest BCUT2D eigenvalue weighted by Gasteiger charge is 2.24. The largest absolute Gasteiger partial charge is 0.489 e. The molecule has 34 heavy (non-hydrogen) atoms. The van der Waals surface area contributed by atoms with Gasteiger partial charge in [-0.05, 0) is 62.9 Å². The molecule has 1 fully saturated rings. The Morgan fingerprint density at radius 2 is 1.76 bits per heavy atom. The van der Waals surface area contributed by atoms with Crippen LogP contribution in [0.1, 0.15) is 52.2 Å². The van der Waals surface area contributed by atoms with Gasteiger partial charge in [-0.25, -0.2) is 0 Å². The van der Waals surface area contributed by atoms with E-state index in [9.17, 15) is 9.59 Å². The molecule has 7 heteroatoms. The van der Waals surface area contributed by atoms with Gasteiger partial charge in [0.25, 0.3) is 5.91 Å². The molecular weight excluding hydrogens is 430 g/mol. The maximum Gasteiger partial charge on any atom is 0.253 e. The highest BCUT2D eigenvalue weighted by atomic mass is 16.5. The molecule has 0 radical (unpaired) electrons. The second-order valence-corrected chi connectivity index (χ2v) is 8.74. The highest BCUT2D eigenvalue weighted by molar-refractivity contribution is 5.94. The molecule has 0 saturated carbocycles. The number of aromatic nitrogens is 1. The molecule has 2 aromatic carbocycles. The summed E-state index contributed by atoms with van der Waals surface area (Å²) in [5.41, 5.74) is 3.56. The fourth-order valence-corrected chi connectivity index (χ4v) is 4.17. The average molecular weight is 462 g/mol. The maximum absolute atomic E-state index is 12.9. The molecule has 2 amide bonds. The lowest BCUT2D eigenvalue weighted by Gasteiger charge is -2.32. The summed E-state index contributed by atoms with van der Waals surface area (Å²) in [6, 6.07) is 17.4. The molecule has 2 heterocycles. The van der Waals surface area contributed by atoms with Crippen molar-refractivity contribution in [1.82, 2.24) is 15.4 Å². The summed E-state index contributed by atoms with van der Waals surface area (Å²) in [4.78, 5) is 27.1. The molecular formula is C27H31N3O4. The third kappa shape index (κ3) is 6.04. The number of likely N-dealkylation sites (tertiary alicyclic amines) is 1. The first-order valence-corrected chi connectivity index (χ1v) is 11.8. The maximum atomic E-state index is 12.9. The van der Waals surface area contributed by atoms with Crippen molar-refractivity contribution in [3.63, 3.8) is 0 Å². The van der Waals surface area contributed by atoms with Gasteiger partial charge in [0, 0.05) is 31.1 Å². The van der Waals surface area contributed by atoms with Gasteiger partial charge in [0.1, 0.15) is 18.1 Å². The Morgan fingerprint density at radius 3 is 2.41 bits per heavy atom. The Bertz CT molecular complexity index is 1080. The minimum atomic E-state index is 0.00567. The highest BCUT2D eigenvalue weighted by Crippen LogP contribution is 2.20. The number of aryl methyl sites for hydroxylation is 3. The van der Waals surface area contributed by atoms with E-state index < -0.39 is 0 Å². The third-order valence-electron chi connectivity index (χ3n) is 6.30. The summed E-state index contributed by atoms with van der Waals surface area (Å²) in [6.07, 6.45) is 2.75. The van der Waals surface area contributed by atoms with Gasteiger partial charge in [-0.3, -0.25) is 9.59 Å². The summed E-state index contributed by atoms with van der Waals surface area (Å²) in [6.45, 7) is 5.38. The monoisotopic (exact) mass is 461 g/mol. The van der Waals surface area contributed by atoms with E-state index in [0.29, 0.717) is 37.4 Å². The summed E-state index contributed by atoms with van der Waals surface area (Å²) < 4.78 is 11.0. The summed E-state index contributed by atoms with van der Waals surface area (Å²) in [5, 5.41) is 7.06. The number of carbonyl (C=O) groups is 2. The van der Waals surface area contributed by atoms with Crippen molar-refractivity contribution in [3.8, 4) is 5.75 Å². The van der Waals surface area contributed by atoms with Crippen LogP contribution in [-0.4, -0.2) is 41.0 Å². The lowest BCUT2D eigenvalue weighted by Crippen LogP contribution is -2.46. The molecule has 0 bridgehead atoms. The first kappa shape index (κ1) is 23.5. The Hall–Kier alpha value is -3.61. The number of nitrogens with one attached hydrogen (secondary N) is 1. The number of rotatable bonds is 8. The minimum Gasteiger partial charge on any atom is -0.489 e. The Labute approximate surface area is 200 Å². The van der Waals surface area contributed by atoms with Crippen molar-refractivity contribution < 1.29 is 18.8 Å². The van der Waals surface area contributed by atoms with E-state index in [4.69, 9.17) is 9.26 Å². The van der Waals surface area contributed by atoms with Gasteiger partial charge in [0.15, 0.2) is 0 Å². The van der Waals surface area contributed by atoms with Crippen LogP contribution in [0.25, 0.3) is 0 Å². The topological polar surface area (TPSA) is 84.7 Å². The van der Waals surface area contributed by atoms with Gasteiger partial charge >= 0.3 is 0 Å². The lowest BCUT2D eigenvalue weighted by atomic mass is 10.0. The van der Waals surface area contributed by atoms with E-state index in [1.165, 1.54) is 0 Å². The minimum absolute atomic E-state index is 0.00567. The first-order chi connectivity index (χ1) is 16.5. The first-order valence-electron chi connectivity index (χ1n) is 11.8. The molecule has 0 unspecified atom stereocenters. The van der Waals surface area contributed by atoms with Gasteiger partial charge in [0.05, 0.1) is 11.3 Å². The summed E-state index contributed by atoms with van der Waals surface area (Å²) in [7, 11) is 0. The predicted molar refractivity (Wildman–Crippen MR) is 129 cm³/mol. The molecule has 1 aliphatic heterocycles. The molecule has 4 rings (SSSR count).